The summed E-state index contributed by atoms with van der Waals surface area (Å²) >= 11 is 0. The van der Waals surface area contributed by atoms with Gasteiger partial charge in [-0.2, -0.15) is 23.5 Å². The van der Waals surface area contributed by atoms with Crippen LogP contribution in [0.25, 0.3) is 10.9 Å². The van der Waals surface area contributed by atoms with Crippen molar-refractivity contribution in [2.75, 3.05) is 5.32 Å². The van der Waals surface area contributed by atoms with Gasteiger partial charge in [0.05, 0.1) is 40.6 Å². The second kappa shape index (κ2) is 9.30. The number of halogens is 5. The summed E-state index contributed by atoms with van der Waals surface area (Å²) < 4.78 is 69.5. The maximum Gasteiger partial charge on any atom is 0.437 e. The quantitative estimate of drug-likeness (QED) is 0.384. The molecule has 2 aromatic carbocycles. The van der Waals surface area contributed by atoms with Crippen LogP contribution in [-0.4, -0.2) is 26.6 Å². The number of nitrogens with one attached hydrogen (secondary N) is 1. The summed E-state index contributed by atoms with van der Waals surface area (Å²) in [4.78, 5) is 28.8. The predicted molar refractivity (Wildman–Crippen MR) is 120 cm³/mol. The Morgan fingerprint density at radius 3 is 2.43 bits per heavy atom. The fourth-order valence-electron chi connectivity index (χ4n) is 3.70. The Bertz CT molecular complexity index is 1620. The van der Waals surface area contributed by atoms with Crippen LogP contribution in [0.3, 0.4) is 0 Å². The van der Waals surface area contributed by atoms with Gasteiger partial charge in [0.1, 0.15) is 17.3 Å². The van der Waals surface area contributed by atoms with Crippen molar-refractivity contribution in [3.05, 3.63) is 87.9 Å². The summed E-state index contributed by atoms with van der Waals surface area (Å²) in [5.41, 5.74) is 2.43. The molecule has 2 heterocycles. The minimum absolute atomic E-state index is 0.0966. The first-order chi connectivity index (χ1) is 17.4. The highest BCUT2D eigenvalue weighted by atomic mass is 19.4. The van der Waals surface area contributed by atoms with Gasteiger partial charge >= 0.3 is 6.18 Å². The van der Waals surface area contributed by atoms with Gasteiger partial charge in [-0.3, -0.25) is 14.3 Å². The molecule has 3 N–H and O–H groups in total. The van der Waals surface area contributed by atoms with E-state index in [1.807, 2.05) is 0 Å². The summed E-state index contributed by atoms with van der Waals surface area (Å²) in [5, 5.41) is 15.1. The van der Waals surface area contributed by atoms with E-state index in [1.165, 1.54) is 19.1 Å². The number of pyridine rings is 1. The monoisotopic (exact) mass is 514 g/mol. The molecule has 0 aliphatic heterocycles. The van der Waals surface area contributed by atoms with Crippen molar-refractivity contribution in [2.24, 2.45) is 5.73 Å². The lowest BCUT2D eigenvalue weighted by molar-refractivity contribution is -0.140. The fourth-order valence-corrected chi connectivity index (χ4v) is 3.70. The molecule has 0 aliphatic rings. The molecule has 2 aromatic heterocycles. The number of anilines is 1. The van der Waals surface area contributed by atoms with Crippen molar-refractivity contribution in [3.8, 4) is 6.07 Å². The highest BCUT2D eigenvalue weighted by molar-refractivity contribution is 6.10. The molecule has 4 aromatic rings. The lowest BCUT2D eigenvalue weighted by atomic mass is 10.1. The third-order valence-corrected chi connectivity index (χ3v) is 5.50. The van der Waals surface area contributed by atoms with E-state index in [-0.39, 0.29) is 39.8 Å². The minimum atomic E-state index is -4.99. The van der Waals surface area contributed by atoms with Crippen molar-refractivity contribution in [1.82, 2.24) is 14.8 Å². The Balaban J connectivity index is 1.77. The average molecular weight is 514 g/mol. The summed E-state index contributed by atoms with van der Waals surface area (Å²) in [6, 6.07) is 9.22. The Labute approximate surface area is 205 Å². The van der Waals surface area contributed by atoms with E-state index >= 15 is 0 Å². The third kappa shape index (κ3) is 4.94. The first-order valence-electron chi connectivity index (χ1n) is 10.4. The number of rotatable bonds is 5. The minimum Gasteiger partial charge on any atom is -0.366 e. The molecule has 8 nitrogen and oxygen atoms in total. The number of hydrogen-bond donors (Lipinski definition) is 2. The van der Waals surface area contributed by atoms with Crippen molar-refractivity contribution in [2.45, 2.75) is 19.6 Å². The van der Waals surface area contributed by atoms with Gasteiger partial charge < -0.3 is 11.1 Å². The number of fused-ring (bicyclic) bond motifs is 1. The normalized spacial score (nSPS) is 11.4. The number of amides is 2. The smallest absolute Gasteiger partial charge is 0.366 e. The first-order valence-corrected chi connectivity index (χ1v) is 10.4. The zero-order chi connectivity index (χ0) is 27.1. The van der Waals surface area contributed by atoms with Crippen LogP contribution in [0, 0.1) is 29.9 Å². The molecule has 0 saturated heterocycles. The van der Waals surface area contributed by atoms with Crippen LogP contribution in [-0.2, 0) is 12.7 Å². The molecule has 0 radical (unpaired) electrons. The van der Waals surface area contributed by atoms with E-state index < -0.39 is 46.7 Å². The van der Waals surface area contributed by atoms with Gasteiger partial charge in [0, 0.05) is 11.5 Å². The lowest BCUT2D eigenvalue weighted by Crippen LogP contribution is -2.19. The summed E-state index contributed by atoms with van der Waals surface area (Å²) in [6.45, 7) is 0.929. The molecule has 0 aliphatic carbocycles. The second-order valence-corrected chi connectivity index (χ2v) is 7.91. The van der Waals surface area contributed by atoms with E-state index in [0.29, 0.717) is 0 Å². The molecule has 4 rings (SSSR count). The number of carbonyl (C=O) groups excluding carboxylic acids is 2. The molecule has 0 fully saturated rings. The molecular formula is C24H15F5N6O2. The van der Waals surface area contributed by atoms with Crippen molar-refractivity contribution < 1.29 is 31.5 Å². The van der Waals surface area contributed by atoms with Gasteiger partial charge in [-0.15, -0.1) is 0 Å². The lowest BCUT2D eigenvalue weighted by Gasteiger charge is -2.11. The van der Waals surface area contributed by atoms with Crippen LogP contribution >= 0.6 is 0 Å². The average Bonchev–Trinajstić information content (AvgIpc) is 3.14. The number of nitrogens with two attached hydrogens (primary N) is 1. The molecule has 0 atom stereocenters. The Morgan fingerprint density at radius 2 is 1.78 bits per heavy atom. The molecule has 37 heavy (non-hydrogen) atoms. The second-order valence-electron chi connectivity index (χ2n) is 7.91. The molecule has 0 bridgehead atoms. The van der Waals surface area contributed by atoms with E-state index in [4.69, 9.17) is 5.73 Å². The van der Waals surface area contributed by atoms with Crippen LogP contribution in [0.1, 0.15) is 43.4 Å². The van der Waals surface area contributed by atoms with Crippen LogP contribution < -0.4 is 11.1 Å². The highest BCUT2D eigenvalue weighted by Gasteiger charge is 2.39. The number of hydrogen-bond acceptors (Lipinski definition) is 5. The van der Waals surface area contributed by atoms with Gasteiger partial charge in [0.2, 0.25) is 5.91 Å². The van der Waals surface area contributed by atoms with E-state index in [0.717, 1.165) is 35.0 Å². The van der Waals surface area contributed by atoms with Crippen LogP contribution in [0.4, 0.5) is 27.6 Å². The van der Waals surface area contributed by atoms with Gasteiger partial charge in [-0.05, 0) is 42.8 Å². The molecular weight excluding hydrogens is 499 g/mol. The van der Waals surface area contributed by atoms with Gasteiger partial charge in [0.15, 0.2) is 5.69 Å². The Morgan fingerprint density at radius 1 is 1.11 bits per heavy atom. The third-order valence-electron chi connectivity index (χ3n) is 5.50. The van der Waals surface area contributed by atoms with Crippen molar-refractivity contribution in [3.63, 3.8) is 0 Å². The molecule has 188 valence electrons. The first kappa shape index (κ1) is 25.2. The fraction of sp³-hybridized carbons (Fsp3) is 0.125. The standard InChI is InChI=1S/C24H15F5N6O2/c1-11-20(21(24(27,28)29)34-35(11)10-12-2-3-14(25)6-13(12)9-30)33-23(37)19-8-17(22(31)36)16-5-4-15(26)7-18(16)32-19/h2-8H,10H2,1H3,(H2,31,36)(H,33,37). The SMILES string of the molecule is Cc1c(NC(=O)c2cc(C(N)=O)c3ccc(F)cc3n2)c(C(F)(F)F)nn1Cc1ccc(F)cc1C#N. The van der Waals surface area contributed by atoms with Crippen molar-refractivity contribution in [1.29, 1.82) is 5.26 Å². The number of carbonyl (C=O) groups is 2. The highest BCUT2D eigenvalue weighted by Crippen LogP contribution is 2.36. The van der Waals surface area contributed by atoms with Gasteiger partial charge in [-0.25, -0.2) is 13.8 Å². The van der Waals surface area contributed by atoms with Crippen LogP contribution in [0.2, 0.25) is 0 Å². The number of benzene rings is 2. The number of aromatic nitrogens is 3. The number of nitriles is 1. The molecule has 0 unspecified atom stereocenters. The summed E-state index contributed by atoms with van der Waals surface area (Å²) in [7, 11) is 0. The molecule has 13 heteroatoms. The zero-order valence-electron chi connectivity index (χ0n) is 18.8. The van der Waals surface area contributed by atoms with E-state index in [2.05, 4.69) is 15.4 Å². The van der Waals surface area contributed by atoms with Gasteiger partial charge in [-0.1, -0.05) is 6.07 Å². The van der Waals surface area contributed by atoms with E-state index in [9.17, 15) is 36.8 Å². The summed E-state index contributed by atoms with van der Waals surface area (Å²) in [5.74, 6) is -3.51. The van der Waals surface area contributed by atoms with Crippen molar-refractivity contribution >= 4 is 28.4 Å². The topological polar surface area (TPSA) is 127 Å². The number of nitrogens with zero attached hydrogens (tertiary/aromatic N) is 4. The molecule has 0 spiro atoms. The Kier molecular flexibility index (Phi) is 6.35. The summed E-state index contributed by atoms with van der Waals surface area (Å²) in [6.07, 6.45) is -4.99. The number of alkyl halides is 3. The molecule has 2 amide bonds. The Hall–Kier alpha value is -4.86. The zero-order valence-corrected chi connectivity index (χ0v) is 18.8. The van der Waals surface area contributed by atoms with Crippen LogP contribution in [0.5, 0.6) is 0 Å². The maximum absolute atomic E-state index is 13.8. The largest absolute Gasteiger partial charge is 0.437 e. The maximum atomic E-state index is 13.8. The molecule has 0 saturated carbocycles. The predicted octanol–water partition coefficient (Wildman–Crippen LogP) is 4.31. The van der Waals surface area contributed by atoms with Crippen LogP contribution in [0.15, 0.2) is 42.5 Å². The van der Waals surface area contributed by atoms with E-state index in [1.54, 1.807) is 6.07 Å². The van der Waals surface area contributed by atoms with Gasteiger partial charge in [0.25, 0.3) is 5.91 Å². The number of primary amides is 1.